The van der Waals surface area contributed by atoms with E-state index in [1.165, 1.54) is 11.1 Å². The molecule has 0 saturated carbocycles. The van der Waals surface area contributed by atoms with Gasteiger partial charge in [0.25, 0.3) is 0 Å². The van der Waals surface area contributed by atoms with E-state index in [0.29, 0.717) is 5.75 Å². The molecule has 4 heteroatoms. The maximum absolute atomic E-state index is 12.3. The molecule has 1 atom stereocenters. The third kappa shape index (κ3) is 5.82. The number of ether oxygens (including phenoxy) is 1. The number of amides is 1. The minimum Gasteiger partial charge on any atom is -0.496 e. The van der Waals surface area contributed by atoms with Crippen molar-refractivity contribution in [3.05, 3.63) is 64.7 Å². The zero-order chi connectivity index (χ0) is 18.2. The van der Waals surface area contributed by atoms with Crippen molar-refractivity contribution >= 4 is 17.7 Å². The molecular formula is C21H27NO2S. The van der Waals surface area contributed by atoms with Crippen LogP contribution >= 0.6 is 11.8 Å². The van der Waals surface area contributed by atoms with Crippen molar-refractivity contribution in [3.8, 4) is 5.75 Å². The molecule has 0 heterocycles. The van der Waals surface area contributed by atoms with E-state index in [9.17, 15) is 4.79 Å². The molecule has 3 nitrogen and oxygen atoms in total. The van der Waals surface area contributed by atoms with Crippen LogP contribution in [-0.4, -0.2) is 18.8 Å². The van der Waals surface area contributed by atoms with Gasteiger partial charge in [-0.05, 0) is 43.0 Å². The Balaban J connectivity index is 1.88. The Kier molecular flexibility index (Phi) is 7.38. The highest BCUT2D eigenvalue weighted by molar-refractivity contribution is 7.99. The number of hydrogen-bond acceptors (Lipinski definition) is 3. The topological polar surface area (TPSA) is 38.3 Å². The molecule has 0 aromatic heterocycles. The summed E-state index contributed by atoms with van der Waals surface area (Å²) in [7, 11) is 1.67. The van der Waals surface area contributed by atoms with Crippen molar-refractivity contribution < 1.29 is 9.53 Å². The number of carbonyl (C=O) groups is 1. The van der Waals surface area contributed by atoms with E-state index in [4.69, 9.17) is 4.74 Å². The predicted octanol–water partition coefficient (Wildman–Crippen LogP) is 4.81. The molecule has 2 rings (SSSR count). The van der Waals surface area contributed by atoms with E-state index in [1.807, 2.05) is 19.1 Å². The van der Waals surface area contributed by atoms with E-state index < -0.39 is 0 Å². The Morgan fingerprint density at radius 3 is 2.64 bits per heavy atom. The molecule has 0 aliphatic carbocycles. The zero-order valence-electron chi connectivity index (χ0n) is 15.5. The number of nitrogens with one attached hydrogen (secondary N) is 1. The van der Waals surface area contributed by atoms with Gasteiger partial charge in [-0.25, -0.2) is 0 Å². The van der Waals surface area contributed by atoms with E-state index in [-0.39, 0.29) is 11.9 Å². The van der Waals surface area contributed by atoms with E-state index >= 15 is 0 Å². The van der Waals surface area contributed by atoms with Crippen molar-refractivity contribution in [3.63, 3.8) is 0 Å². The lowest BCUT2D eigenvalue weighted by atomic mass is 10.0. The van der Waals surface area contributed by atoms with Crippen LogP contribution in [0.4, 0.5) is 0 Å². The molecule has 0 aliphatic heterocycles. The zero-order valence-corrected chi connectivity index (χ0v) is 16.3. The Morgan fingerprint density at radius 2 is 2.00 bits per heavy atom. The van der Waals surface area contributed by atoms with Crippen LogP contribution in [0.3, 0.4) is 0 Å². The lowest BCUT2D eigenvalue weighted by Crippen LogP contribution is -2.29. The summed E-state index contributed by atoms with van der Waals surface area (Å²) in [6, 6.07) is 14.5. The number of methoxy groups -OCH3 is 1. The largest absolute Gasteiger partial charge is 0.496 e. The summed E-state index contributed by atoms with van der Waals surface area (Å²) in [6.07, 6.45) is 0.861. The summed E-state index contributed by atoms with van der Waals surface area (Å²) in [5, 5.41) is 3.14. The van der Waals surface area contributed by atoms with Crippen LogP contribution in [0.1, 0.15) is 41.6 Å². The highest BCUT2D eigenvalue weighted by Crippen LogP contribution is 2.24. The fraction of sp³-hybridized carbons (Fsp3) is 0.381. The third-order valence-electron chi connectivity index (χ3n) is 4.15. The van der Waals surface area contributed by atoms with Crippen molar-refractivity contribution in [2.75, 3.05) is 12.9 Å². The molecule has 2 aromatic rings. The fourth-order valence-corrected chi connectivity index (χ4v) is 3.63. The van der Waals surface area contributed by atoms with Gasteiger partial charge in [-0.3, -0.25) is 4.79 Å². The van der Waals surface area contributed by atoms with Gasteiger partial charge < -0.3 is 10.1 Å². The van der Waals surface area contributed by atoms with Gasteiger partial charge in [0.1, 0.15) is 5.75 Å². The lowest BCUT2D eigenvalue weighted by Gasteiger charge is -2.19. The van der Waals surface area contributed by atoms with Gasteiger partial charge in [-0.1, -0.05) is 48.9 Å². The Labute approximate surface area is 155 Å². The molecule has 0 spiro atoms. The molecule has 0 saturated heterocycles. The summed E-state index contributed by atoms with van der Waals surface area (Å²) in [6.45, 7) is 6.20. The molecule has 0 bridgehead atoms. The van der Waals surface area contributed by atoms with Crippen LogP contribution in [0, 0.1) is 13.8 Å². The normalized spacial score (nSPS) is 11.8. The average Bonchev–Trinajstić information content (AvgIpc) is 2.59. The van der Waals surface area contributed by atoms with Crippen LogP contribution in [0.2, 0.25) is 0 Å². The first kappa shape index (κ1) is 19.4. The van der Waals surface area contributed by atoms with Gasteiger partial charge in [0, 0.05) is 5.75 Å². The first-order valence-electron chi connectivity index (χ1n) is 8.60. The van der Waals surface area contributed by atoms with Crippen molar-refractivity contribution in [1.29, 1.82) is 0 Å². The molecule has 1 N–H and O–H groups in total. The molecular weight excluding hydrogens is 330 g/mol. The maximum Gasteiger partial charge on any atom is 0.230 e. The number of carbonyl (C=O) groups excluding carboxylic acids is 1. The van der Waals surface area contributed by atoms with Crippen molar-refractivity contribution in [1.82, 2.24) is 5.32 Å². The predicted molar refractivity (Wildman–Crippen MR) is 106 cm³/mol. The molecule has 0 unspecified atom stereocenters. The second kappa shape index (κ2) is 9.52. The van der Waals surface area contributed by atoms with Gasteiger partial charge >= 0.3 is 0 Å². The average molecular weight is 358 g/mol. The Hall–Kier alpha value is -1.94. The van der Waals surface area contributed by atoms with Gasteiger partial charge in [0.2, 0.25) is 5.91 Å². The molecule has 2 aromatic carbocycles. The Morgan fingerprint density at radius 1 is 1.20 bits per heavy atom. The molecule has 0 fully saturated rings. The fourth-order valence-electron chi connectivity index (χ4n) is 2.84. The lowest BCUT2D eigenvalue weighted by molar-refractivity contribution is -0.119. The molecule has 0 radical (unpaired) electrons. The smallest absolute Gasteiger partial charge is 0.230 e. The van der Waals surface area contributed by atoms with Crippen LogP contribution in [0.5, 0.6) is 5.75 Å². The van der Waals surface area contributed by atoms with Gasteiger partial charge in [-0.2, -0.15) is 0 Å². The SMILES string of the molecule is CC[C@H](NC(=O)CSCc1cccc(C)c1)c1ccc(OC)c(C)c1. The molecule has 134 valence electrons. The van der Waals surface area contributed by atoms with Gasteiger partial charge in [0.05, 0.1) is 18.9 Å². The number of hydrogen-bond donors (Lipinski definition) is 1. The van der Waals surface area contributed by atoms with E-state index in [0.717, 1.165) is 29.1 Å². The number of benzene rings is 2. The monoisotopic (exact) mass is 357 g/mol. The summed E-state index contributed by atoms with van der Waals surface area (Å²) < 4.78 is 5.31. The van der Waals surface area contributed by atoms with Gasteiger partial charge in [-0.15, -0.1) is 11.8 Å². The van der Waals surface area contributed by atoms with E-state index in [1.54, 1.807) is 18.9 Å². The molecule has 1 amide bonds. The maximum atomic E-state index is 12.3. The summed E-state index contributed by atoms with van der Waals surface area (Å²) in [5.41, 5.74) is 4.72. The Bertz CT molecular complexity index is 715. The quantitative estimate of drug-likeness (QED) is 0.736. The van der Waals surface area contributed by atoms with Crippen molar-refractivity contribution in [2.45, 2.75) is 39.0 Å². The van der Waals surface area contributed by atoms with Crippen LogP contribution < -0.4 is 10.1 Å². The van der Waals surface area contributed by atoms with Gasteiger partial charge in [0.15, 0.2) is 0 Å². The number of aryl methyl sites for hydroxylation is 2. The number of rotatable bonds is 8. The highest BCUT2D eigenvalue weighted by Gasteiger charge is 2.14. The summed E-state index contributed by atoms with van der Waals surface area (Å²) >= 11 is 1.65. The molecule has 0 aliphatic rings. The highest BCUT2D eigenvalue weighted by atomic mass is 32.2. The summed E-state index contributed by atoms with van der Waals surface area (Å²) in [5.74, 6) is 2.28. The first-order chi connectivity index (χ1) is 12.0. The second-order valence-electron chi connectivity index (χ2n) is 6.24. The van der Waals surface area contributed by atoms with E-state index in [2.05, 4.69) is 49.5 Å². The van der Waals surface area contributed by atoms with Crippen LogP contribution in [-0.2, 0) is 10.5 Å². The standard InChI is InChI=1S/C21H27NO2S/c1-5-19(18-9-10-20(24-4)16(3)12-18)22-21(23)14-25-13-17-8-6-7-15(2)11-17/h6-12,19H,5,13-14H2,1-4H3,(H,22,23)/t19-/m0/s1. The van der Waals surface area contributed by atoms with Crippen LogP contribution in [0.25, 0.3) is 0 Å². The second-order valence-corrected chi connectivity index (χ2v) is 7.22. The first-order valence-corrected chi connectivity index (χ1v) is 9.76. The molecule has 25 heavy (non-hydrogen) atoms. The van der Waals surface area contributed by atoms with Crippen LogP contribution in [0.15, 0.2) is 42.5 Å². The number of thioether (sulfide) groups is 1. The minimum atomic E-state index is 0.0386. The third-order valence-corrected chi connectivity index (χ3v) is 5.15. The minimum absolute atomic E-state index is 0.0386. The van der Waals surface area contributed by atoms with Crippen molar-refractivity contribution in [2.24, 2.45) is 0 Å². The summed E-state index contributed by atoms with van der Waals surface area (Å²) in [4.78, 5) is 12.3.